The first-order valence-electron chi connectivity index (χ1n) is 22.3. The lowest BCUT2D eigenvalue weighted by Gasteiger charge is -2.31. The molecule has 4 aliphatic carbocycles. The highest BCUT2D eigenvalue weighted by Gasteiger charge is 2.54. The second-order valence-electron chi connectivity index (χ2n) is 18.0. The number of aromatic carboxylic acids is 8. The summed E-state index contributed by atoms with van der Waals surface area (Å²) in [6, 6.07) is 36.8. The van der Waals surface area contributed by atoms with Crippen molar-refractivity contribution in [2.45, 2.75) is 10.8 Å². The molecule has 0 aromatic heterocycles. The summed E-state index contributed by atoms with van der Waals surface area (Å²) in [4.78, 5) is 95.7. The minimum Gasteiger partial charge on any atom is -0.478 e. The first kappa shape index (κ1) is 45.9. The maximum absolute atomic E-state index is 12.0. The predicted octanol–water partition coefficient (Wildman–Crippen LogP) is 9.65. The number of fused-ring (bicyclic) bond motifs is 20. The van der Waals surface area contributed by atoms with Crippen LogP contribution >= 0.6 is 0 Å². The van der Waals surface area contributed by atoms with Gasteiger partial charge >= 0.3 is 47.8 Å². The molecule has 0 aliphatic heterocycles. The number of carboxylic acid groups (broad SMARTS) is 8. The van der Waals surface area contributed by atoms with Gasteiger partial charge in [-0.05, 0) is 186 Å². The third-order valence-corrected chi connectivity index (χ3v) is 14.5. The second-order valence-corrected chi connectivity index (χ2v) is 18.0. The van der Waals surface area contributed by atoms with Gasteiger partial charge < -0.3 is 40.9 Å². The zero-order valence-electron chi connectivity index (χ0n) is 37.7. The summed E-state index contributed by atoms with van der Waals surface area (Å²) in [5, 5.41) is 78.2. The average molecular weight is 985 g/mol. The van der Waals surface area contributed by atoms with Gasteiger partial charge in [-0.3, -0.25) is 0 Å². The Morgan fingerprint density at radius 2 is 0.311 bits per heavy atom. The van der Waals surface area contributed by atoms with Gasteiger partial charge in [0.15, 0.2) is 0 Å². The molecule has 8 N–H and O–H groups in total. The molecule has 12 rings (SSSR count). The van der Waals surface area contributed by atoms with Gasteiger partial charge in [0.1, 0.15) is 0 Å². The fourth-order valence-corrected chi connectivity index (χ4v) is 11.5. The minimum absolute atomic E-state index is 0.0110. The lowest BCUT2D eigenvalue weighted by Crippen LogP contribution is -2.27. The van der Waals surface area contributed by atoms with E-state index in [2.05, 4.69) is 0 Å². The molecule has 0 saturated heterocycles. The number of rotatable bonds is 8. The van der Waals surface area contributed by atoms with Crippen LogP contribution in [-0.4, -0.2) is 88.6 Å². The van der Waals surface area contributed by atoms with Crippen molar-refractivity contribution in [3.8, 4) is 44.5 Å². The van der Waals surface area contributed by atoms with Crippen LogP contribution in [-0.2, 0) is 10.8 Å². The van der Waals surface area contributed by atoms with Crippen molar-refractivity contribution in [3.63, 3.8) is 0 Å². The highest BCUT2D eigenvalue weighted by molar-refractivity contribution is 6.04. The highest BCUT2D eigenvalue weighted by Crippen LogP contribution is 2.65. The van der Waals surface area contributed by atoms with E-state index in [1.54, 1.807) is 48.5 Å². The number of carbonyl (C=O) groups is 8. The molecule has 2 spiro atoms. The summed E-state index contributed by atoms with van der Waals surface area (Å²) < 4.78 is 0. The van der Waals surface area contributed by atoms with Gasteiger partial charge in [0.25, 0.3) is 0 Å². The van der Waals surface area contributed by atoms with E-state index in [9.17, 15) is 79.2 Å². The smallest absolute Gasteiger partial charge is 0.335 e. The molecular weight excluding hydrogens is 953 g/mol. The van der Waals surface area contributed by atoms with Crippen LogP contribution in [0.3, 0.4) is 0 Å². The molecule has 0 heterocycles. The van der Waals surface area contributed by atoms with Crippen molar-refractivity contribution < 1.29 is 79.2 Å². The number of hydrogen-bond donors (Lipinski definition) is 8. The van der Waals surface area contributed by atoms with Crippen LogP contribution in [0.25, 0.3) is 44.5 Å². The van der Waals surface area contributed by atoms with Crippen molar-refractivity contribution in [1.82, 2.24) is 0 Å². The summed E-state index contributed by atoms with van der Waals surface area (Å²) in [6.07, 6.45) is 0. The van der Waals surface area contributed by atoms with Crippen LogP contribution in [0.1, 0.15) is 127 Å². The Morgan fingerprint density at radius 1 is 0.203 bits per heavy atom. The zero-order chi connectivity index (χ0) is 52.4. The molecule has 0 unspecified atom stereocenters. The van der Waals surface area contributed by atoms with Crippen molar-refractivity contribution in [3.05, 3.63) is 235 Å². The molecule has 0 saturated carbocycles. The SMILES string of the molecule is O=C(O)c1ccc2c(c1)C1(c3cc(C(=O)O)ccc3-2)c2cc(C(=O)O)ccc2-c2ccc(C(=O)O)cc21.O=C(O)c1ccc2c(c1)C1(c3cc(C(=O)O)ccc3-2)c2cc(C(=O)O)ccc2-c2ccc(C(=O)O)cc21. The van der Waals surface area contributed by atoms with E-state index in [1.165, 1.54) is 97.1 Å². The topological polar surface area (TPSA) is 298 Å². The lowest BCUT2D eigenvalue weighted by atomic mass is 9.69. The zero-order valence-corrected chi connectivity index (χ0v) is 37.7. The van der Waals surface area contributed by atoms with Crippen LogP contribution < -0.4 is 0 Å². The predicted molar refractivity (Wildman–Crippen MR) is 261 cm³/mol. The van der Waals surface area contributed by atoms with E-state index in [1.807, 2.05) is 0 Å². The van der Waals surface area contributed by atoms with Gasteiger partial charge in [0.2, 0.25) is 0 Å². The summed E-state index contributed by atoms with van der Waals surface area (Å²) in [5.74, 6) is -9.35. The third-order valence-electron chi connectivity index (χ3n) is 14.5. The minimum atomic E-state index is -1.33. The third kappa shape index (κ3) is 6.27. The first-order valence-corrected chi connectivity index (χ1v) is 22.3. The van der Waals surface area contributed by atoms with Gasteiger partial charge in [0.05, 0.1) is 55.3 Å². The highest BCUT2D eigenvalue weighted by atomic mass is 16.4. The maximum atomic E-state index is 12.0. The van der Waals surface area contributed by atoms with E-state index >= 15 is 0 Å². The number of benzene rings is 8. The maximum Gasteiger partial charge on any atom is 0.335 e. The molecule has 8 aromatic carbocycles. The largest absolute Gasteiger partial charge is 0.478 e. The van der Waals surface area contributed by atoms with E-state index in [0.29, 0.717) is 89.0 Å². The Balaban J connectivity index is 0.000000159. The van der Waals surface area contributed by atoms with Crippen LogP contribution in [0.2, 0.25) is 0 Å². The quantitative estimate of drug-likeness (QED) is 0.0702. The van der Waals surface area contributed by atoms with E-state index in [-0.39, 0.29) is 44.5 Å². The van der Waals surface area contributed by atoms with Gasteiger partial charge in [-0.2, -0.15) is 0 Å². The van der Waals surface area contributed by atoms with Gasteiger partial charge in [-0.1, -0.05) is 48.5 Å². The van der Waals surface area contributed by atoms with Crippen molar-refractivity contribution >= 4 is 47.8 Å². The van der Waals surface area contributed by atoms with E-state index in [4.69, 9.17) is 0 Å². The molecule has 0 atom stereocenters. The van der Waals surface area contributed by atoms with E-state index in [0.717, 1.165) is 0 Å². The molecule has 16 heteroatoms. The molecule has 0 fully saturated rings. The monoisotopic (exact) mass is 984 g/mol. The Labute approximate surface area is 415 Å². The molecule has 0 radical (unpaired) electrons. The fourth-order valence-electron chi connectivity index (χ4n) is 11.5. The summed E-state index contributed by atoms with van der Waals surface area (Å²) in [6.45, 7) is 0. The fraction of sp³-hybridized carbons (Fsp3) is 0.0345. The van der Waals surface area contributed by atoms with Crippen LogP contribution in [0.4, 0.5) is 0 Å². The Hall–Kier alpha value is -10.5. The Kier molecular flexibility index (Phi) is 9.95. The van der Waals surface area contributed by atoms with E-state index < -0.39 is 58.6 Å². The van der Waals surface area contributed by atoms with Gasteiger partial charge in [0, 0.05) is 0 Å². The molecule has 8 aromatic rings. The number of hydrogen-bond acceptors (Lipinski definition) is 8. The molecule has 360 valence electrons. The van der Waals surface area contributed by atoms with Crippen LogP contribution in [0, 0.1) is 0 Å². The van der Waals surface area contributed by atoms with Crippen LogP contribution in [0.5, 0.6) is 0 Å². The molecule has 74 heavy (non-hydrogen) atoms. The first-order chi connectivity index (χ1) is 35.3. The molecular formula is C58H32O16. The Morgan fingerprint density at radius 3 is 0.405 bits per heavy atom. The molecule has 16 nitrogen and oxygen atoms in total. The standard InChI is InChI=1S/2C29H16O8/c2*30-25(31)13-1-5-17-18-6-2-14(26(32)33)10-22(18)29(21(17)9-13)23-11-15(27(34)35)3-7-19(23)20-8-4-16(28(36)37)12-24(20)29/h2*1-12H,(H,30,31)(H,32,33)(H,34,35)(H,36,37). The van der Waals surface area contributed by atoms with Crippen molar-refractivity contribution in [1.29, 1.82) is 0 Å². The van der Waals surface area contributed by atoms with Gasteiger partial charge in [-0.15, -0.1) is 0 Å². The Bertz CT molecular complexity index is 3230. The molecule has 0 bridgehead atoms. The van der Waals surface area contributed by atoms with Crippen molar-refractivity contribution in [2.24, 2.45) is 0 Å². The normalized spacial score (nSPS) is 13.4. The lowest BCUT2D eigenvalue weighted by molar-refractivity contribution is 0.0685. The van der Waals surface area contributed by atoms with Gasteiger partial charge in [-0.25, -0.2) is 38.4 Å². The summed E-state index contributed by atoms with van der Waals surface area (Å²) in [5.41, 5.74) is 6.53. The second kappa shape index (κ2) is 16.0. The summed E-state index contributed by atoms with van der Waals surface area (Å²) in [7, 11) is 0. The van der Waals surface area contributed by atoms with Crippen LogP contribution in [0.15, 0.2) is 146 Å². The molecule has 4 aliphatic rings. The average Bonchev–Trinajstić information content (AvgIpc) is 4.05. The summed E-state index contributed by atoms with van der Waals surface area (Å²) >= 11 is 0. The van der Waals surface area contributed by atoms with Crippen molar-refractivity contribution in [2.75, 3.05) is 0 Å². The number of carboxylic acids is 8. The molecule has 0 amide bonds.